The highest BCUT2D eigenvalue weighted by Crippen LogP contribution is 2.85. The van der Waals surface area contributed by atoms with Crippen LogP contribution < -0.4 is 0 Å². The number of fused-ring (bicyclic) bond motifs is 1. The number of carbonyl (C=O) groups is 1. The van der Waals surface area contributed by atoms with Gasteiger partial charge >= 0.3 is 5.97 Å². The van der Waals surface area contributed by atoms with E-state index in [0.717, 1.165) is 6.42 Å². The molecule has 0 unspecified atom stereocenters. The molecule has 2 fully saturated rings. The van der Waals surface area contributed by atoms with E-state index in [0.29, 0.717) is 12.2 Å². The highest BCUT2D eigenvalue weighted by molar-refractivity contribution is 5.89. The van der Waals surface area contributed by atoms with Crippen LogP contribution in [0.5, 0.6) is 11.5 Å². The fourth-order valence-electron chi connectivity index (χ4n) is 2.82. The van der Waals surface area contributed by atoms with E-state index in [1.165, 1.54) is 18.2 Å². The number of hydrogen-bond acceptors (Lipinski definition) is 4. The molecule has 0 heterocycles. The number of aromatic hydroxyl groups is 2. The summed E-state index contributed by atoms with van der Waals surface area (Å²) in [6.07, 6.45) is 0.839. The number of phenols is 2. The molecular formula is C13H14O4. The van der Waals surface area contributed by atoms with Crippen molar-refractivity contribution in [1.29, 1.82) is 0 Å². The number of benzene rings is 1. The van der Waals surface area contributed by atoms with Crippen molar-refractivity contribution < 1.29 is 19.7 Å². The zero-order valence-electron chi connectivity index (χ0n) is 9.51. The van der Waals surface area contributed by atoms with Gasteiger partial charge in [0.2, 0.25) is 0 Å². The SMILES string of the molecule is CCOC(=O)[C@@]12C[C@H]1[C@H]2c1cc(O)ccc1O. The second-order valence-corrected chi connectivity index (χ2v) is 4.79. The summed E-state index contributed by atoms with van der Waals surface area (Å²) in [5.74, 6) is 0.396. The van der Waals surface area contributed by atoms with Crippen molar-refractivity contribution in [2.75, 3.05) is 6.61 Å². The number of hydrogen-bond donors (Lipinski definition) is 2. The van der Waals surface area contributed by atoms with E-state index in [9.17, 15) is 15.0 Å². The Balaban J connectivity index is 1.85. The molecule has 2 aliphatic rings. The molecule has 1 aromatic rings. The Morgan fingerprint density at radius 1 is 1.53 bits per heavy atom. The third kappa shape index (κ3) is 1.27. The van der Waals surface area contributed by atoms with Crippen molar-refractivity contribution in [1.82, 2.24) is 0 Å². The lowest BCUT2D eigenvalue weighted by Gasteiger charge is -2.12. The van der Waals surface area contributed by atoms with E-state index in [-0.39, 0.29) is 29.3 Å². The van der Waals surface area contributed by atoms with Gasteiger partial charge in [-0.1, -0.05) is 0 Å². The standard InChI is InChI=1S/C13H14O4/c1-2-17-12(16)13-6-9(13)11(13)8-5-7(14)3-4-10(8)15/h3-5,9,11,14-15H,2,6H2,1H3/t9-,11+,13-/m0/s1. The van der Waals surface area contributed by atoms with E-state index in [2.05, 4.69) is 0 Å². The van der Waals surface area contributed by atoms with Crippen LogP contribution in [0.2, 0.25) is 0 Å². The van der Waals surface area contributed by atoms with Crippen LogP contribution in [-0.4, -0.2) is 22.8 Å². The van der Waals surface area contributed by atoms with Gasteiger partial charge in [0.05, 0.1) is 12.0 Å². The van der Waals surface area contributed by atoms with Crippen molar-refractivity contribution in [3.05, 3.63) is 23.8 Å². The molecule has 2 N–H and O–H groups in total. The van der Waals surface area contributed by atoms with Crippen molar-refractivity contribution in [3.63, 3.8) is 0 Å². The van der Waals surface area contributed by atoms with Gasteiger partial charge in [-0.25, -0.2) is 0 Å². The van der Waals surface area contributed by atoms with Crippen molar-refractivity contribution >= 4 is 5.97 Å². The highest BCUT2D eigenvalue weighted by atomic mass is 16.5. The van der Waals surface area contributed by atoms with Gasteiger partial charge in [-0.3, -0.25) is 4.79 Å². The molecule has 0 bridgehead atoms. The van der Waals surface area contributed by atoms with E-state index in [4.69, 9.17) is 4.74 Å². The molecule has 0 aromatic heterocycles. The number of phenolic OH excluding ortho intramolecular Hbond substituents is 2. The van der Waals surface area contributed by atoms with Crippen LogP contribution in [0.4, 0.5) is 0 Å². The van der Waals surface area contributed by atoms with Crippen LogP contribution in [0.15, 0.2) is 18.2 Å². The van der Waals surface area contributed by atoms with Gasteiger partial charge in [0.25, 0.3) is 0 Å². The third-order valence-electron chi connectivity index (χ3n) is 3.91. The van der Waals surface area contributed by atoms with Crippen LogP contribution in [0.25, 0.3) is 0 Å². The van der Waals surface area contributed by atoms with Gasteiger partial charge in [0, 0.05) is 11.5 Å². The predicted octanol–water partition coefficient (Wildman–Crippen LogP) is 1.76. The Kier molecular flexibility index (Phi) is 1.94. The first-order valence-corrected chi connectivity index (χ1v) is 5.80. The summed E-state index contributed by atoms with van der Waals surface area (Å²) in [5.41, 5.74) is 0.260. The van der Waals surface area contributed by atoms with Gasteiger partial charge in [-0.15, -0.1) is 0 Å². The molecule has 1 aromatic carbocycles. The lowest BCUT2D eigenvalue weighted by Crippen LogP contribution is -2.15. The van der Waals surface area contributed by atoms with Gasteiger partial charge in [-0.05, 0) is 37.5 Å². The normalized spacial score (nSPS) is 32.8. The van der Waals surface area contributed by atoms with Crippen molar-refractivity contribution in [2.24, 2.45) is 11.3 Å². The average molecular weight is 234 g/mol. The molecule has 0 saturated heterocycles. The van der Waals surface area contributed by atoms with Gasteiger partial charge in [-0.2, -0.15) is 0 Å². The van der Waals surface area contributed by atoms with Gasteiger partial charge in [0.15, 0.2) is 0 Å². The van der Waals surface area contributed by atoms with Crippen molar-refractivity contribution in [3.8, 4) is 11.5 Å². The maximum Gasteiger partial charge on any atom is 0.313 e. The molecule has 3 rings (SSSR count). The number of carbonyl (C=O) groups excluding carboxylic acids is 1. The minimum atomic E-state index is -0.402. The highest BCUT2D eigenvalue weighted by Gasteiger charge is 2.84. The smallest absolute Gasteiger partial charge is 0.313 e. The lowest BCUT2D eigenvalue weighted by atomic mass is 9.96. The first-order chi connectivity index (χ1) is 8.11. The molecule has 17 heavy (non-hydrogen) atoms. The number of esters is 1. The fraction of sp³-hybridized carbons (Fsp3) is 0.462. The molecule has 4 heteroatoms. The summed E-state index contributed by atoms with van der Waals surface area (Å²) >= 11 is 0. The lowest BCUT2D eigenvalue weighted by molar-refractivity contribution is -0.147. The Morgan fingerprint density at radius 2 is 2.29 bits per heavy atom. The first kappa shape index (κ1) is 10.4. The zero-order valence-corrected chi connectivity index (χ0v) is 9.51. The van der Waals surface area contributed by atoms with Crippen LogP contribution in [0.3, 0.4) is 0 Å². The second-order valence-electron chi connectivity index (χ2n) is 4.79. The summed E-state index contributed by atoms with van der Waals surface area (Å²) in [6.45, 7) is 2.17. The minimum absolute atomic E-state index is 0.0219. The first-order valence-electron chi connectivity index (χ1n) is 5.80. The summed E-state index contributed by atoms with van der Waals surface area (Å²) < 4.78 is 5.05. The Hall–Kier alpha value is -1.71. The van der Waals surface area contributed by atoms with Crippen LogP contribution in [0.1, 0.15) is 24.8 Å². The summed E-state index contributed by atoms with van der Waals surface area (Å²) in [7, 11) is 0. The molecule has 0 aliphatic heterocycles. The average Bonchev–Trinajstić information content (AvgIpc) is 3.12. The topological polar surface area (TPSA) is 66.8 Å². The largest absolute Gasteiger partial charge is 0.508 e. The summed E-state index contributed by atoms with van der Waals surface area (Å²) in [4.78, 5) is 11.8. The molecule has 90 valence electrons. The minimum Gasteiger partial charge on any atom is -0.508 e. The Morgan fingerprint density at radius 3 is 2.94 bits per heavy atom. The van der Waals surface area contributed by atoms with E-state index >= 15 is 0 Å². The quantitative estimate of drug-likeness (QED) is 0.617. The molecule has 0 amide bonds. The Labute approximate surface area is 98.8 Å². The second kappa shape index (κ2) is 3.15. The molecule has 0 spiro atoms. The number of rotatable bonds is 3. The fourth-order valence-corrected chi connectivity index (χ4v) is 2.82. The maximum atomic E-state index is 11.8. The monoisotopic (exact) mass is 234 g/mol. The summed E-state index contributed by atoms with van der Waals surface area (Å²) in [5, 5.41) is 19.2. The van der Waals surface area contributed by atoms with E-state index in [1.54, 1.807) is 6.92 Å². The van der Waals surface area contributed by atoms with E-state index in [1.807, 2.05) is 0 Å². The summed E-state index contributed by atoms with van der Waals surface area (Å²) in [6, 6.07) is 4.43. The van der Waals surface area contributed by atoms with Crippen LogP contribution in [0, 0.1) is 11.3 Å². The Bertz CT molecular complexity index is 496. The number of ether oxygens (including phenoxy) is 1. The molecule has 2 aliphatic carbocycles. The van der Waals surface area contributed by atoms with Crippen molar-refractivity contribution in [2.45, 2.75) is 19.3 Å². The third-order valence-corrected chi connectivity index (χ3v) is 3.91. The molecular weight excluding hydrogens is 220 g/mol. The van der Waals surface area contributed by atoms with Gasteiger partial charge < -0.3 is 14.9 Å². The van der Waals surface area contributed by atoms with Crippen LogP contribution in [-0.2, 0) is 9.53 Å². The molecule has 3 atom stereocenters. The molecule has 4 nitrogen and oxygen atoms in total. The maximum absolute atomic E-state index is 11.8. The van der Waals surface area contributed by atoms with Gasteiger partial charge in [0.1, 0.15) is 11.5 Å². The predicted molar refractivity (Wildman–Crippen MR) is 59.7 cm³/mol. The van der Waals surface area contributed by atoms with Crippen LogP contribution >= 0.6 is 0 Å². The molecule has 2 saturated carbocycles. The molecule has 0 radical (unpaired) electrons. The van der Waals surface area contributed by atoms with E-state index < -0.39 is 5.41 Å². The zero-order chi connectivity index (χ0) is 12.2.